The van der Waals surface area contributed by atoms with E-state index >= 15 is 0 Å². The fourth-order valence-electron chi connectivity index (χ4n) is 4.72. The van der Waals surface area contributed by atoms with Gasteiger partial charge in [0.25, 0.3) is 5.89 Å². The van der Waals surface area contributed by atoms with Crippen molar-refractivity contribution in [2.24, 2.45) is 17.8 Å². The fourth-order valence-corrected chi connectivity index (χ4v) is 4.72. The lowest BCUT2D eigenvalue weighted by atomic mass is 9.75. The Morgan fingerprint density at radius 2 is 2.03 bits per heavy atom. The first-order valence-corrected chi connectivity index (χ1v) is 10.8. The van der Waals surface area contributed by atoms with Crippen LogP contribution in [0.5, 0.6) is 0 Å². The summed E-state index contributed by atoms with van der Waals surface area (Å²) in [6.07, 6.45) is 4.24. The van der Waals surface area contributed by atoms with E-state index in [1.165, 1.54) is 12.8 Å². The molecule has 0 radical (unpaired) electrons. The van der Waals surface area contributed by atoms with Crippen molar-refractivity contribution in [2.75, 3.05) is 11.4 Å². The van der Waals surface area contributed by atoms with Crippen LogP contribution in [0.25, 0.3) is 0 Å². The zero-order chi connectivity index (χ0) is 20.4. The molecule has 1 aliphatic heterocycles. The summed E-state index contributed by atoms with van der Waals surface area (Å²) in [4.78, 5) is 18.8. The third-order valence-electron chi connectivity index (χ3n) is 6.42. The van der Waals surface area contributed by atoms with Crippen LogP contribution < -0.4 is 4.90 Å². The molecule has 1 saturated heterocycles. The maximum atomic E-state index is 12.4. The van der Waals surface area contributed by atoms with Crippen molar-refractivity contribution in [1.82, 2.24) is 10.1 Å². The van der Waals surface area contributed by atoms with Gasteiger partial charge in [-0.1, -0.05) is 50.5 Å². The molecule has 0 spiro atoms. The summed E-state index contributed by atoms with van der Waals surface area (Å²) >= 11 is 0. The van der Waals surface area contributed by atoms with Gasteiger partial charge >= 0.3 is 0 Å². The molecule has 1 amide bonds. The summed E-state index contributed by atoms with van der Waals surface area (Å²) in [6.45, 7) is 7.77. The maximum absolute atomic E-state index is 12.4. The van der Waals surface area contributed by atoms with Gasteiger partial charge in [0.1, 0.15) is 6.61 Å². The van der Waals surface area contributed by atoms with Crippen molar-refractivity contribution in [3.63, 3.8) is 0 Å². The van der Waals surface area contributed by atoms with Crippen LogP contribution >= 0.6 is 0 Å². The van der Waals surface area contributed by atoms with E-state index in [0.29, 0.717) is 49.0 Å². The molecule has 1 aliphatic carbocycles. The number of para-hydroxylation sites is 1. The van der Waals surface area contributed by atoms with Gasteiger partial charge in [-0.05, 0) is 42.7 Å². The highest BCUT2D eigenvalue weighted by atomic mass is 16.5. The van der Waals surface area contributed by atoms with Crippen molar-refractivity contribution < 1.29 is 14.1 Å². The number of anilines is 1. The number of amides is 1. The molecule has 1 aromatic carbocycles. The van der Waals surface area contributed by atoms with Gasteiger partial charge in [0.05, 0.1) is 6.10 Å². The number of rotatable bonds is 6. The molecule has 2 aliphatic rings. The first-order valence-electron chi connectivity index (χ1n) is 10.8. The molecule has 4 atom stereocenters. The summed E-state index contributed by atoms with van der Waals surface area (Å²) in [6, 6.07) is 9.73. The van der Waals surface area contributed by atoms with E-state index in [0.717, 1.165) is 12.1 Å². The van der Waals surface area contributed by atoms with Gasteiger partial charge in [0.2, 0.25) is 5.91 Å². The van der Waals surface area contributed by atoms with Crippen LogP contribution in [0.3, 0.4) is 0 Å². The van der Waals surface area contributed by atoms with Gasteiger partial charge in [0.15, 0.2) is 5.82 Å². The number of ether oxygens (including phenoxy) is 1. The standard InChI is InChI=1S/C23H31N3O3/c1-15(2)19-10-9-16(3)11-20(19)28-14-21-24-23(25-29-21)17-12-22(27)26(13-17)18-7-5-4-6-8-18/h4-8,15-17,19-20H,9-14H2,1-3H3. The fraction of sp³-hybridized carbons (Fsp3) is 0.609. The molecular weight excluding hydrogens is 366 g/mol. The number of hydrogen-bond acceptors (Lipinski definition) is 5. The van der Waals surface area contributed by atoms with E-state index in [2.05, 4.69) is 30.9 Å². The Morgan fingerprint density at radius 3 is 2.79 bits per heavy atom. The third kappa shape index (κ3) is 4.53. The normalized spacial score (nSPS) is 27.7. The molecule has 4 rings (SSSR count). The van der Waals surface area contributed by atoms with Crippen LogP contribution in [0.2, 0.25) is 0 Å². The number of nitrogens with zero attached hydrogens (tertiary/aromatic N) is 3. The number of hydrogen-bond donors (Lipinski definition) is 0. The molecule has 6 nitrogen and oxygen atoms in total. The molecule has 0 bridgehead atoms. The Morgan fingerprint density at radius 1 is 1.24 bits per heavy atom. The van der Waals surface area contributed by atoms with Gasteiger partial charge in [-0.15, -0.1) is 0 Å². The Labute approximate surface area is 172 Å². The van der Waals surface area contributed by atoms with Gasteiger partial charge in [0, 0.05) is 24.6 Å². The molecular formula is C23H31N3O3. The highest BCUT2D eigenvalue weighted by Crippen LogP contribution is 2.36. The van der Waals surface area contributed by atoms with Crippen molar-refractivity contribution in [2.45, 2.75) is 65.1 Å². The SMILES string of the molecule is CC1CCC(C(C)C)C(OCc2nc(C3CC(=O)N(c4ccccc4)C3)no2)C1. The van der Waals surface area contributed by atoms with Crippen molar-refractivity contribution in [3.8, 4) is 0 Å². The smallest absolute Gasteiger partial charge is 0.252 e. The van der Waals surface area contributed by atoms with Gasteiger partial charge < -0.3 is 14.2 Å². The quantitative estimate of drug-likeness (QED) is 0.714. The van der Waals surface area contributed by atoms with Crippen molar-refractivity contribution in [3.05, 3.63) is 42.0 Å². The van der Waals surface area contributed by atoms with E-state index in [-0.39, 0.29) is 17.9 Å². The molecule has 2 heterocycles. The molecule has 2 aromatic rings. The number of benzene rings is 1. The van der Waals surface area contributed by atoms with E-state index in [1.807, 2.05) is 30.3 Å². The van der Waals surface area contributed by atoms with Crippen LogP contribution in [0.4, 0.5) is 5.69 Å². The average Bonchev–Trinajstić information content (AvgIpc) is 3.33. The Hall–Kier alpha value is -2.21. The minimum absolute atomic E-state index is 0.0432. The van der Waals surface area contributed by atoms with E-state index < -0.39 is 0 Å². The highest BCUT2D eigenvalue weighted by molar-refractivity contribution is 5.96. The largest absolute Gasteiger partial charge is 0.368 e. The molecule has 29 heavy (non-hydrogen) atoms. The molecule has 4 unspecified atom stereocenters. The molecule has 1 saturated carbocycles. The second kappa shape index (κ2) is 8.66. The molecule has 2 fully saturated rings. The number of carbonyl (C=O) groups is 1. The van der Waals surface area contributed by atoms with Crippen LogP contribution in [-0.4, -0.2) is 28.7 Å². The van der Waals surface area contributed by atoms with Crippen LogP contribution in [0.1, 0.15) is 64.1 Å². The summed E-state index contributed by atoms with van der Waals surface area (Å²) in [5.74, 6) is 3.05. The number of carbonyl (C=O) groups excluding carboxylic acids is 1. The molecule has 0 N–H and O–H groups in total. The summed E-state index contributed by atoms with van der Waals surface area (Å²) < 4.78 is 11.7. The lowest BCUT2D eigenvalue weighted by molar-refractivity contribution is -0.117. The Bertz CT molecular complexity index is 820. The van der Waals surface area contributed by atoms with Crippen molar-refractivity contribution in [1.29, 1.82) is 0 Å². The van der Waals surface area contributed by atoms with Crippen LogP contribution in [0.15, 0.2) is 34.9 Å². The zero-order valence-electron chi connectivity index (χ0n) is 17.6. The minimum atomic E-state index is -0.0432. The predicted molar refractivity (Wildman–Crippen MR) is 110 cm³/mol. The van der Waals surface area contributed by atoms with Gasteiger partial charge in [-0.25, -0.2) is 0 Å². The first kappa shape index (κ1) is 20.1. The molecule has 6 heteroatoms. The van der Waals surface area contributed by atoms with Crippen LogP contribution in [-0.2, 0) is 16.1 Å². The highest BCUT2D eigenvalue weighted by Gasteiger charge is 2.35. The lowest BCUT2D eigenvalue weighted by Crippen LogP contribution is -2.34. The Balaban J connectivity index is 1.37. The monoisotopic (exact) mass is 397 g/mol. The second-order valence-corrected chi connectivity index (χ2v) is 8.96. The van der Waals surface area contributed by atoms with Gasteiger partial charge in [-0.3, -0.25) is 4.79 Å². The second-order valence-electron chi connectivity index (χ2n) is 8.96. The lowest BCUT2D eigenvalue weighted by Gasteiger charge is -2.36. The number of aromatic nitrogens is 2. The Kier molecular flexibility index (Phi) is 5.99. The average molecular weight is 398 g/mol. The summed E-state index contributed by atoms with van der Waals surface area (Å²) in [5, 5.41) is 4.15. The van der Waals surface area contributed by atoms with Crippen LogP contribution in [0, 0.1) is 17.8 Å². The third-order valence-corrected chi connectivity index (χ3v) is 6.42. The predicted octanol–water partition coefficient (Wildman–Crippen LogP) is 4.57. The molecule has 156 valence electrons. The zero-order valence-corrected chi connectivity index (χ0v) is 17.6. The molecule has 1 aromatic heterocycles. The van der Waals surface area contributed by atoms with Crippen molar-refractivity contribution >= 4 is 11.6 Å². The van der Waals surface area contributed by atoms with E-state index in [4.69, 9.17) is 9.26 Å². The topological polar surface area (TPSA) is 68.5 Å². The summed E-state index contributed by atoms with van der Waals surface area (Å²) in [5.41, 5.74) is 0.915. The maximum Gasteiger partial charge on any atom is 0.252 e. The van der Waals surface area contributed by atoms with Gasteiger partial charge in [-0.2, -0.15) is 4.98 Å². The van der Waals surface area contributed by atoms with E-state index in [9.17, 15) is 4.79 Å². The first-order chi connectivity index (χ1) is 14.0. The summed E-state index contributed by atoms with van der Waals surface area (Å²) in [7, 11) is 0. The minimum Gasteiger partial charge on any atom is -0.368 e. The van der Waals surface area contributed by atoms with E-state index in [1.54, 1.807) is 4.90 Å².